The van der Waals surface area contributed by atoms with E-state index in [0.29, 0.717) is 13.1 Å². The number of hydrogen-bond acceptors (Lipinski definition) is 4. The number of piperidine rings is 1. The molecule has 124 valence electrons. The van der Waals surface area contributed by atoms with Gasteiger partial charge in [-0.3, -0.25) is 0 Å². The van der Waals surface area contributed by atoms with Gasteiger partial charge in [-0.15, -0.1) is 0 Å². The fourth-order valence-electron chi connectivity index (χ4n) is 2.45. The Hall–Kier alpha value is -0.820. The number of ether oxygens (including phenoxy) is 1. The molecule has 1 rings (SSSR count). The summed E-state index contributed by atoms with van der Waals surface area (Å²) in [6.07, 6.45) is 1.10. The minimum Gasteiger partial charge on any atom is -0.444 e. The number of nitrogens with one attached hydrogen (secondary N) is 1. The maximum Gasteiger partial charge on any atom is 0.407 e. The molecule has 1 aliphatic rings. The third-order valence-corrected chi connectivity index (χ3v) is 5.59. The fraction of sp³-hybridized carbons (Fsp3) is 0.929. The van der Waals surface area contributed by atoms with Crippen LogP contribution in [-0.2, 0) is 14.8 Å². The quantitative estimate of drug-likeness (QED) is 0.859. The van der Waals surface area contributed by atoms with Gasteiger partial charge in [-0.05, 0) is 53.4 Å². The number of carbonyl (C=O) groups excluding carboxylic acids is 1. The first-order valence-electron chi connectivity index (χ1n) is 7.52. The summed E-state index contributed by atoms with van der Waals surface area (Å²) in [5.41, 5.74) is -0.512. The van der Waals surface area contributed by atoms with Gasteiger partial charge < -0.3 is 10.1 Å². The number of sulfonamides is 1. The standard InChI is InChI=1S/C14H28N2O4S/c1-6-21(18,19)16-9-7-12(8-10-16)11(2)15-13(17)20-14(3,4)5/h11-12H,6-10H2,1-5H3,(H,15,17)/t11-/m0/s1. The van der Waals surface area contributed by atoms with Crippen LogP contribution in [0.2, 0.25) is 0 Å². The zero-order valence-electron chi connectivity index (χ0n) is 13.7. The van der Waals surface area contributed by atoms with E-state index in [9.17, 15) is 13.2 Å². The highest BCUT2D eigenvalue weighted by Gasteiger charge is 2.30. The van der Waals surface area contributed by atoms with E-state index in [1.54, 1.807) is 11.2 Å². The second-order valence-electron chi connectivity index (χ2n) is 6.57. The average Bonchev–Trinajstić information content (AvgIpc) is 2.36. The molecule has 0 saturated carbocycles. The van der Waals surface area contributed by atoms with E-state index in [-0.39, 0.29) is 17.7 Å². The molecule has 1 heterocycles. The molecule has 0 aromatic carbocycles. The normalized spacial score (nSPS) is 20.0. The molecule has 1 fully saturated rings. The maximum atomic E-state index is 11.8. The number of amides is 1. The molecule has 0 bridgehead atoms. The molecule has 7 heteroatoms. The molecule has 0 unspecified atom stereocenters. The predicted molar refractivity (Wildman–Crippen MR) is 82.6 cm³/mol. The second kappa shape index (κ2) is 6.96. The van der Waals surface area contributed by atoms with Crippen LogP contribution in [0, 0.1) is 5.92 Å². The van der Waals surface area contributed by atoms with E-state index in [0.717, 1.165) is 12.8 Å². The molecule has 1 atom stereocenters. The topological polar surface area (TPSA) is 75.7 Å². The molecule has 1 N–H and O–H groups in total. The van der Waals surface area contributed by atoms with E-state index in [2.05, 4.69) is 5.32 Å². The van der Waals surface area contributed by atoms with Crippen LogP contribution in [0.1, 0.15) is 47.5 Å². The largest absolute Gasteiger partial charge is 0.444 e. The number of nitrogens with zero attached hydrogens (tertiary/aromatic N) is 1. The van der Waals surface area contributed by atoms with Gasteiger partial charge in [0.05, 0.1) is 5.75 Å². The van der Waals surface area contributed by atoms with Crippen molar-refractivity contribution in [2.45, 2.75) is 59.1 Å². The first-order chi connectivity index (χ1) is 9.55. The Bertz CT molecular complexity index is 448. The summed E-state index contributed by atoms with van der Waals surface area (Å²) in [6.45, 7) is 10.1. The van der Waals surface area contributed by atoms with Crippen LogP contribution in [0.5, 0.6) is 0 Å². The molecular weight excluding hydrogens is 292 g/mol. The molecule has 0 aromatic heterocycles. The Labute approximate surface area is 128 Å². The second-order valence-corrected chi connectivity index (χ2v) is 8.83. The highest BCUT2D eigenvalue weighted by atomic mass is 32.2. The highest BCUT2D eigenvalue weighted by molar-refractivity contribution is 7.89. The lowest BCUT2D eigenvalue weighted by atomic mass is 9.91. The summed E-state index contributed by atoms with van der Waals surface area (Å²) in [4.78, 5) is 11.7. The van der Waals surface area contributed by atoms with Gasteiger partial charge in [0.15, 0.2) is 0 Å². The zero-order valence-corrected chi connectivity index (χ0v) is 14.5. The van der Waals surface area contributed by atoms with E-state index in [1.807, 2.05) is 27.7 Å². The van der Waals surface area contributed by atoms with Crippen LogP contribution in [0.25, 0.3) is 0 Å². The van der Waals surface area contributed by atoms with Crippen molar-refractivity contribution in [1.29, 1.82) is 0 Å². The summed E-state index contributed by atoms with van der Waals surface area (Å²) < 4.78 is 30.4. The van der Waals surface area contributed by atoms with Gasteiger partial charge in [-0.1, -0.05) is 0 Å². The van der Waals surface area contributed by atoms with Crippen molar-refractivity contribution in [1.82, 2.24) is 9.62 Å². The molecule has 0 spiro atoms. The molecular formula is C14H28N2O4S. The Morgan fingerprint density at radius 1 is 1.33 bits per heavy atom. The third kappa shape index (κ3) is 5.82. The molecule has 0 aliphatic carbocycles. The number of hydrogen-bond donors (Lipinski definition) is 1. The van der Waals surface area contributed by atoms with Crippen LogP contribution in [0.4, 0.5) is 4.79 Å². The lowest BCUT2D eigenvalue weighted by molar-refractivity contribution is 0.0481. The maximum absolute atomic E-state index is 11.8. The molecule has 21 heavy (non-hydrogen) atoms. The number of carbonyl (C=O) groups is 1. The minimum absolute atomic E-state index is 0.0219. The molecule has 1 aliphatic heterocycles. The summed E-state index contributed by atoms with van der Waals surface area (Å²) in [5.74, 6) is 0.421. The molecule has 1 saturated heterocycles. The van der Waals surface area contributed by atoms with Gasteiger partial charge in [0.2, 0.25) is 10.0 Å². The lowest BCUT2D eigenvalue weighted by Gasteiger charge is -2.34. The van der Waals surface area contributed by atoms with Crippen molar-refractivity contribution in [3.05, 3.63) is 0 Å². The van der Waals surface area contributed by atoms with Crippen molar-refractivity contribution >= 4 is 16.1 Å². The smallest absolute Gasteiger partial charge is 0.407 e. The Morgan fingerprint density at radius 2 is 1.86 bits per heavy atom. The fourth-order valence-corrected chi connectivity index (χ4v) is 3.58. The van der Waals surface area contributed by atoms with E-state index in [1.165, 1.54) is 0 Å². The number of rotatable bonds is 4. The van der Waals surface area contributed by atoms with E-state index in [4.69, 9.17) is 4.74 Å². The van der Waals surface area contributed by atoms with Crippen LogP contribution < -0.4 is 5.32 Å². The van der Waals surface area contributed by atoms with Gasteiger partial charge in [0, 0.05) is 19.1 Å². The summed E-state index contributed by atoms with van der Waals surface area (Å²) in [5, 5.41) is 2.84. The van der Waals surface area contributed by atoms with Crippen molar-refractivity contribution in [3.8, 4) is 0 Å². The first-order valence-corrected chi connectivity index (χ1v) is 9.13. The van der Waals surface area contributed by atoms with Gasteiger partial charge in [-0.25, -0.2) is 17.5 Å². The first kappa shape index (κ1) is 18.2. The van der Waals surface area contributed by atoms with Crippen molar-refractivity contribution in [2.75, 3.05) is 18.8 Å². The van der Waals surface area contributed by atoms with Crippen molar-refractivity contribution in [2.24, 2.45) is 5.92 Å². The Morgan fingerprint density at radius 3 is 2.29 bits per heavy atom. The Balaban J connectivity index is 2.45. The van der Waals surface area contributed by atoms with Crippen molar-refractivity contribution in [3.63, 3.8) is 0 Å². The summed E-state index contributed by atoms with van der Waals surface area (Å²) in [6, 6.07) is -0.0219. The molecule has 0 radical (unpaired) electrons. The van der Waals surface area contributed by atoms with Crippen molar-refractivity contribution < 1.29 is 17.9 Å². The van der Waals surface area contributed by atoms with Crippen LogP contribution in [-0.4, -0.2) is 49.3 Å². The average molecular weight is 320 g/mol. The van der Waals surface area contributed by atoms with Crippen LogP contribution in [0.15, 0.2) is 0 Å². The van der Waals surface area contributed by atoms with Gasteiger partial charge >= 0.3 is 6.09 Å². The summed E-state index contributed by atoms with van der Waals surface area (Å²) >= 11 is 0. The highest BCUT2D eigenvalue weighted by Crippen LogP contribution is 2.23. The zero-order chi connectivity index (χ0) is 16.3. The SMILES string of the molecule is CCS(=O)(=O)N1CCC([C@H](C)NC(=O)OC(C)(C)C)CC1. The van der Waals surface area contributed by atoms with E-state index < -0.39 is 21.7 Å². The number of alkyl carbamates (subject to hydrolysis) is 1. The van der Waals surface area contributed by atoms with Gasteiger partial charge in [0.1, 0.15) is 5.60 Å². The molecule has 0 aromatic rings. The van der Waals surface area contributed by atoms with Gasteiger partial charge in [-0.2, -0.15) is 0 Å². The lowest BCUT2D eigenvalue weighted by Crippen LogP contribution is -2.46. The predicted octanol–water partition coefficient (Wildman–Crippen LogP) is 1.96. The van der Waals surface area contributed by atoms with Gasteiger partial charge in [0.25, 0.3) is 0 Å². The minimum atomic E-state index is -3.10. The molecule has 1 amide bonds. The summed E-state index contributed by atoms with van der Waals surface area (Å²) in [7, 11) is -3.10. The third-order valence-electron chi connectivity index (χ3n) is 3.71. The Kier molecular flexibility index (Phi) is 6.04. The monoisotopic (exact) mass is 320 g/mol. The molecule has 6 nitrogen and oxygen atoms in total. The van der Waals surface area contributed by atoms with E-state index >= 15 is 0 Å². The van der Waals surface area contributed by atoms with Crippen LogP contribution >= 0.6 is 0 Å². The van der Waals surface area contributed by atoms with Crippen LogP contribution in [0.3, 0.4) is 0 Å².